The largest absolute Gasteiger partial charge is 0.380 e. The third-order valence-electron chi connectivity index (χ3n) is 3.55. The summed E-state index contributed by atoms with van der Waals surface area (Å²) < 4.78 is 0. The summed E-state index contributed by atoms with van der Waals surface area (Å²) in [5.74, 6) is 0.228. The Morgan fingerprint density at radius 2 is 2.15 bits per heavy atom. The second kappa shape index (κ2) is 5.63. The van der Waals surface area contributed by atoms with Crippen molar-refractivity contribution in [2.75, 3.05) is 16.8 Å². The van der Waals surface area contributed by atoms with Crippen LogP contribution in [0.4, 0.5) is 11.4 Å². The normalized spacial score (nSPS) is 14.8. The van der Waals surface area contributed by atoms with Crippen molar-refractivity contribution >= 4 is 28.6 Å². The van der Waals surface area contributed by atoms with Crippen LogP contribution in [0.3, 0.4) is 0 Å². The molecule has 0 saturated carbocycles. The van der Waals surface area contributed by atoms with Gasteiger partial charge in [-0.2, -0.15) is 0 Å². The molecule has 0 aliphatic carbocycles. The van der Waals surface area contributed by atoms with E-state index in [1.807, 2.05) is 41.6 Å². The lowest BCUT2D eigenvalue weighted by atomic mass is 10.2. The van der Waals surface area contributed by atoms with Crippen LogP contribution in [0, 0.1) is 6.92 Å². The molecule has 20 heavy (non-hydrogen) atoms. The number of carbonyl (C=O) groups excluding carboxylic acids is 1. The number of hydrogen-bond donors (Lipinski definition) is 1. The number of carbonyl (C=O) groups is 1. The van der Waals surface area contributed by atoms with Crippen LogP contribution in [0.25, 0.3) is 0 Å². The molecule has 0 spiro atoms. The molecular weight excluding hydrogens is 270 g/mol. The van der Waals surface area contributed by atoms with Gasteiger partial charge >= 0.3 is 0 Å². The summed E-state index contributed by atoms with van der Waals surface area (Å²) in [4.78, 5) is 19.0. The molecule has 3 rings (SSSR count). The molecule has 2 heterocycles. The number of thiazole rings is 1. The number of hydrogen-bond acceptors (Lipinski definition) is 4. The molecule has 1 amide bonds. The van der Waals surface area contributed by atoms with E-state index in [-0.39, 0.29) is 5.91 Å². The van der Waals surface area contributed by atoms with E-state index in [2.05, 4.69) is 10.3 Å². The lowest BCUT2D eigenvalue weighted by Crippen LogP contribution is -2.23. The van der Waals surface area contributed by atoms with Crippen molar-refractivity contribution in [3.8, 4) is 0 Å². The first-order valence-corrected chi connectivity index (χ1v) is 7.65. The number of amides is 1. The van der Waals surface area contributed by atoms with Gasteiger partial charge in [0.25, 0.3) is 0 Å². The maximum absolute atomic E-state index is 11.7. The highest BCUT2D eigenvalue weighted by molar-refractivity contribution is 7.09. The molecule has 1 aliphatic heterocycles. The van der Waals surface area contributed by atoms with E-state index >= 15 is 0 Å². The van der Waals surface area contributed by atoms with E-state index in [1.165, 1.54) is 4.88 Å². The number of nitrogens with zero attached hydrogens (tertiary/aromatic N) is 2. The minimum atomic E-state index is 0.228. The van der Waals surface area contributed by atoms with E-state index in [1.54, 1.807) is 11.3 Å². The Balaban J connectivity index is 1.64. The fourth-order valence-electron chi connectivity index (χ4n) is 2.36. The minimum Gasteiger partial charge on any atom is -0.380 e. The molecule has 1 N–H and O–H groups in total. The first-order valence-electron chi connectivity index (χ1n) is 6.77. The summed E-state index contributed by atoms with van der Waals surface area (Å²) in [7, 11) is 0. The summed E-state index contributed by atoms with van der Waals surface area (Å²) in [5.41, 5.74) is 5.01. The number of anilines is 2. The highest BCUT2D eigenvalue weighted by Gasteiger charge is 2.21. The lowest BCUT2D eigenvalue weighted by molar-refractivity contribution is -0.117. The molecule has 1 aromatic heterocycles. The van der Waals surface area contributed by atoms with Crippen molar-refractivity contribution in [3.05, 3.63) is 40.3 Å². The Kier molecular flexibility index (Phi) is 3.69. The minimum absolute atomic E-state index is 0.228. The van der Waals surface area contributed by atoms with Crippen molar-refractivity contribution in [2.24, 2.45) is 0 Å². The van der Waals surface area contributed by atoms with Crippen LogP contribution >= 0.6 is 11.3 Å². The zero-order chi connectivity index (χ0) is 13.9. The molecule has 0 unspecified atom stereocenters. The van der Waals surface area contributed by atoms with Gasteiger partial charge in [0.2, 0.25) is 5.91 Å². The highest BCUT2D eigenvalue weighted by atomic mass is 32.1. The zero-order valence-electron chi connectivity index (χ0n) is 11.4. The van der Waals surface area contributed by atoms with Crippen LogP contribution in [0.5, 0.6) is 0 Å². The van der Waals surface area contributed by atoms with Gasteiger partial charge in [-0.25, -0.2) is 4.98 Å². The number of aryl methyl sites for hydroxylation is 1. The van der Waals surface area contributed by atoms with Gasteiger partial charge in [-0.05, 0) is 37.6 Å². The number of nitrogens with one attached hydrogen (secondary N) is 1. The molecule has 1 aliphatic rings. The Morgan fingerprint density at radius 1 is 1.35 bits per heavy atom. The molecule has 0 radical (unpaired) electrons. The molecule has 1 aromatic carbocycles. The molecule has 1 saturated heterocycles. The average Bonchev–Trinajstić information content (AvgIpc) is 3.06. The van der Waals surface area contributed by atoms with E-state index in [0.29, 0.717) is 6.42 Å². The Morgan fingerprint density at radius 3 is 2.75 bits per heavy atom. The highest BCUT2D eigenvalue weighted by Crippen LogP contribution is 2.23. The monoisotopic (exact) mass is 287 g/mol. The summed E-state index contributed by atoms with van der Waals surface area (Å²) in [6.45, 7) is 3.65. The Bertz CT molecular complexity index is 606. The van der Waals surface area contributed by atoms with Crippen molar-refractivity contribution in [2.45, 2.75) is 26.3 Å². The quantitative estimate of drug-likeness (QED) is 0.939. The van der Waals surface area contributed by atoms with Crippen molar-refractivity contribution in [3.63, 3.8) is 0 Å². The van der Waals surface area contributed by atoms with Gasteiger partial charge in [-0.3, -0.25) is 4.79 Å². The summed E-state index contributed by atoms with van der Waals surface area (Å²) in [5, 5.41) is 3.38. The van der Waals surface area contributed by atoms with Crippen LogP contribution < -0.4 is 10.2 Å². The Hall–Kier alpha value is -1.88. The number of rotatable bonds is 4. The lowest BCUT2D eigenvalue weighted by Gasteiger charge is -2.16. The second-order valence-corrected chi connectivity index (χ2v) is 5.85. The molecule has 0 bridgehead atoms. The maximum atomic E-state index is 11.7. The smallest absolute Gasteiger partial charge is 0.227 e. The second-order valence-electron chi connectivity index (χ2n) is 4.91. The molecule has 5 heteroatoms. The van der Waals surface area contributed by atoms with Gasteiger partial charge < -0.3 is 10.2 Å². The first kappa shape index (κ1) is 13.1. The maximum Gasteiger partial charge on any atom is 0.227 e. The van der Waals surface area contributed by atoms with Crippen molar-refractivity contribution < 1.29 is 4.79 Å². The van der Waals surface area contributed by atoms with Crippen molar-refractivity contribution in [1.29, 1.82) is 0 Å². The Labute approximate surface area is 122 Å². The van der Waals surface area contributed by atoms with Gasteiger partial charge in [0.05, 0.1) is 17.7 Å². The molecule has 104 valence electrons. The van der Waals surface area contributed by atoms with Crippen LogP contribution in [0.15, 0.2) is 29.8 Å². The van der Waals surface area contributed by atoms with Gasteiger partial charge in [-0.15, -0.1) is 11.3 Å². The molecule has 1 fully saturated rings. The fraction of sp³-hybridized carbons (Fsp3) is 0.333. The molecule has 4 nitrogen and oxygen atoms in total. The van der Waals surface area contributed by atoms with Crippen LogP contribution in [-0.4, -0.2) is 17.4 Å². The van der Waals surface area contributed by atoms with Crippen molar-refractivity contribution in [1.82, 2.24) is 4.98 Å². The van der Waals surface area contributed by atoms with Crippen LogP contribution in [0.1, 0.15) is 23.4 Å². The summed E-state index contributed by atoms with van der Waals surface area (Å²) >= 11 is 1.67. The standard InChI is InChI=1S/C15H17N3OS/c1-11-14(20-10-17-11)9-16-12-4-6-13(7-5-12)18-8-2-3-15(18)19/h4-7,10,16H,2-3,8-9H2,1H3. The van der Waals surface area contributed by atoms with E-state index in [0.717, 1.165) is 36.6 Å². The zero-order valence-corrected chi connectivity index (χ0v) is 12.2. The molecule has 2 aromatic rings. The predicted octanol–water partition coefficient (Wildman–Crippen LogP) is 3.19. The van der Waals surface area contributed by atoms with E-state index in [4.69, 9.17) is 0 Å². The van der Waals surface area contributed by atoms with E-state index < -0.39 is 0 Å². The summed E-state index contributed by atoms with van der Waals surface area (Å²) in [6.07, 6.45) is 1.63. The SMILES string of the molecule is Cc1ncsc1CNc1ccc(N2CCCC2=O)cc1. The average molecular weight is 287 g/mol. The first-order chi connectivity index (χ1) is 9.74. The molecule has 0 atom stereocenters. The van der Waals surface area contributed by atoms with Gasteiger partial charge in [0.15, 0.2) is 0 Å². The summed E-state index contributed by atoms with van der Waals surface area (Å²) in [6, 6.07) is 8.06. The third kappa shape index (κ3) is 2.67. The van der Waals surface area contributed by atoms with Crippen LogP contribution in [-0.2, 0) is 11.3 Å². The van der Waals surface area contributed by atoms with Crippen LogP contribution in [0.2, 0.25) is 0 Å². The van der Waals surface area contributed by atoms with Gasteiger partial charge in [-0.1, -0.05) is 0 Å². The number of aromatic nitrogens is 1. The fourth-order valence-corrected chi connectivity index (χ4v) is 3.08. The van der Waals surface area contributed by atoms with Gasteiger partial charge in [0, 0.05) is 29.2 Å². The predicted molar refractivity (Wildman–Crippen MR) is 82.2 cm³/mol. The third-order valence-corrected chi connectivity index (χ3v) is 4.49. The van der Waals surface area contributed by atoms with Gasteiger partial charge in [0.1, 0.15) is 0 Å². The molecular formula is C15H17N3OS. The topological polar surface area (TPSA) is 45.2 Å². The van der Waals surface area contributed by atoms with E-state index in [9.17, 15) is 4.79 Å². The number of benzene rings is 1.